The van der Waals surface area contributed by atoms with Crippen molar-refractivity contribution in [2.45, 2.75) is 39.1 Å². The highest BCUT2D eigenvalue weighted by Crippen LogP contribution is 2.22. The van der Waals surface area contributed by atoms with Crippen LogP contribution in [0.5, 0.6) is 5.75 Å². The standard InChI is InChI=1S/C15H22F3N3O.HI/c1-14(2,3)21-13(19-4)20-10-9-11-5-7-12(8-6-11)22-15(16,17)18;/h5-8H,9-10H2,1-4H3,(H2,19,20,21);1H. The molecule has 0 aliphatic carbocycles. The zero-order valence-corrected chi connectivity index (χ0v) is 16.0. The number of nitrogens with zero attached hydrogens (tertiary/aromatic N) is 1. The summed E-state index contributed by atoms with van der Waals surface area (Å²) < 4.78 is 40.0. The Hall–Kier alpha value is -1.19. The summed E-state index contributed by atoms with van der Waals surface area (Å²) in [7, 11) is 1.68. The lowest BCUT2D eigenvalue weighted by molar-refractivity contribution is -0.274. The van der Waals surface area contributed by atoms with Gasteiger partial charge in [0.15, 0.2) is 5.96 Å². The van der Waals surface area contributed by atoms with Gasteiger partial charge in [-0.15, -0.1) is 37.1 Å². The Labute approximate surface area is 151 Å². The summed E-state index contributed by atoms with van der Waals surface area (Å²) in [4.78, 5) is 4.11. The molecule has 8 heteroatoms. The van der Waals surface area contributed by atoms with Gasteiger partial charge in [-0.3, -0.25) is 4.99 Å². The van der Waals surface area contributed by atoms with E-state index in [2.05, 4.69) is 20.4 Å². The van der Waals surface area contributed by atoms with Gasteiger partial charge in [-0.25, -0.2) is 0 Å². The molecule has 2 N–H and O–H groups in total. The smallest absolute Gasteiger partial charge is 0.406 e. The van der Waals surface area contributed by atoms with E-state index in [-0.39, 0.29) is 35.3 Å². The lowest BCUT2D eigenvalue weighted by Gasteiger charge is -2.23. The summed E-state index contributed by atoms with van der Waals surface area (Å²) in [6.45, 7) is 6.70. The molecule has 1 aromatic rings. The highest BCUT2D eigenvalue weighted by atomic mass is 127. The summed E-state index contributed by atoms with van der Waals surface area (Å²) >= 11 is 0. The fourth-order valence-electron chi connectivity index (χ4n) is 1.72. The van der Waals surface area contributed by atoms with Crippen molar-refractivity contribution < 1.29 is 17.9 Å². The van der Waals surface area contributed by atoms with Gasteiger partial charge in [0.25, 0.3) is 0 Å². The third-order valence-electron chi connectivity index (χ3n) is 2.58. The SMILES string of the molecule is CN=C(NCCc1ccc(OC(F)(F)F)cc1)NC(C)(C)C.I. The predicted molar refractivity (Wildman–Crippen MR) is 96.5 cm³/mol. The summed E-state index contributed by atoms with van der Waals surface area (Å²) in [6.07, 6.45) is -3.99. The molecule has 132 valence electrons. The van der Waals surface area contributed by atoms with Gasteiger partial charge in [0, 0.05) is 19.1 Å². The molecule has 1 aromatic carbocycles. The first-order valence-electron chi connectivity index (χ1n) is 6.92. The minimum atomic E-state index is -4.66. The molecule has 0 saturated heterocycles. The predicted octanol–water partition coefficient (Wildman–Crippen LogP) is 3.71. The maximum absolute atomic E-state index is 12.1. The van der Waals surface area contributed by atoms with Crippen molar-refractivity contribution >= 4 is 29.9 Å². The Bertz CT molecular complexity index is 496. The average molecular weight is 445 g/mol. The van der Waals surface area contributed by atoms with Crippen LogP contribution in [0.1, 0.15) is 26.3 Å². The molecule has 4 nitrogen and oxygen atoms in total. The number of benzene rings is 1. The third kappa shape index (κ3) is 10.2. The Kier molecular flexibility index (Phi) is 8.71. The summed E-state index contributed by atoms with van der Waals surface area (Å²) in [6, 6.07) is 5.85. The number of aliphatic imine (C=N–C) groups is 1. The van der Waals surface area contributed by atoms with Gasteiger partial charge in [0.05, 0.1) is 0 Å². The van der Waals surface area contributed by atoms with E-state index in [4.69, 9.17) is 0 Å². The number of hydrogen-bond acceptors (Lipinski definition) is 2. The van der Waals surface area contributed by atoms with Crippen LogP contribution in [0.3, 0.4) is 0 Å². The van der Waals surface area contributed by atoms with Gasteiger partial charge in [0.2, 0.25) is 0 Å². The summed E-state index contributed by atoms with van der Waals surface area (Å²) in [5.74, 6) is 0.471. The highest BCUT2D eigenvalue weighted by molar-refractivity contribution is 14.0. The van der Waals surface area contributed by atoms with E-state index in [9.17, 15) is 13.2 Å². The van der Waals surface area contributed by atoms with Crippen molar-refractivity contribution in [1.29, 1.82) is 0 Å². The van der Waals surface area contributed by atoms with E-state index in [1.54, 1.807) is 19.2 Å². The number of rotatable bonds is 4. The number of halogens is 4. The van der Waals surface area contributed by atoms with Gasteiger partial charge in [-0.2, -0.15) is 0 Å². The lowest BCUT2D eigenvalue weighted by atomic mass is 10.1. The zero-order valence-electron chi connectivity index (χ0n) is 13.6. The Morgan fingerprint density at radius 1 is 1.13 bits per heavy atom. The van der Waals surface area contributed by atoms with Crippen LogP contribution < -0.4 is 15.4 Å². The van der Waals surface area contributed by atoms with Crippen molar-refractivity contribution in [1.82, 2.24) is 10.6 Å². The average Bonchev–Trinajstić information content (AvgIpc) is 2.36. The second-order valence-corrected chi connectivity index (χ2v) is 5.82. The van der Waals surface area contributed by atoms with Crippen molar-refractivity contribution in [3.63, 3.8) is 0 Å². The molecule has 0 amide bonds. The Morgan fingerprint density at radius 3 is 2.13 bits per heavy atom. The molecular formula is C15H23F3IN3O. The first-order valence-corrected chi connectivity index (χ1v) is 6.92. The van der Waals surface area contributed by atoms with Crippen LogP contribution in [-0.4, -0.2) is 31.5 Å². The van der Waals surface area contributed by atoms with Gasteiger partial charge < -0.3 is 15.4 Å². The highest BCUT2D eigenvalue weighted by Gasteiger charge is 2.30. The molecule has 0 unspecified atom stereocenters. The molecule has 1 rings (SSSR count). The van der Waals surface area contributed by atoms with Crippen LogP contribution in [0.2, 0.25) is 0 Å². The number of hydrogen-bond donors (Lipinski definition) is 2. The topological polar surface area (TPSA) is 45.7 Å². The molecule has 0 aliphatic heterocycles. The van der Waals surface area contributed by atoms with E-state index >= 15 is 0 Å². The van der Waals surface area contributed by atoms with Crippen LogP contribution in [0, 0.1) is 0 Å². The van der Waals surface area contributed by atoms with Crippen molar-refractivity contribution in [3.8, 4) is 5.75 Å². The number of guanidine groups is 1. The molecule has 0 fully saturated rings. The lowest BCUT2D eigenvalue weighted by Crippen LogP contribution is -2.48. The van der Waals surface area contributed by atoms with E-state index in [1.807, 2.05) is 20.8 Å². The van der Waals surface area contributed by atoms with Gasteiger partial charge >= 0.3 is 6.36 Å². The second-order valence-electron chi connectivity index (χ2n) is 5.82. The van der Waals surface area contributed by atoms with Crippen LogP contribution in [0.25, 0.3) is 0 Å². The van der Waals surface area contributed by atoms with Gasteiger partial charge in [0.1, 0.15) is 5.75 Å². The normalized spacial score (nSPS) is 12.4. The fraction of sp³-hybridized carbons (Fsp3) is 0.533. The first kappa shape index (κ1) is 21.8. The number of nitrogens with one attached hydrogen (secondary N) is 2. The molecular weight excluding hydrogens is 422 g/mol. The largest absolute Gasteiger partial charge is 0.573 e. The maximum atomic E-state index is 12.1. The van der Waals surface area contributed by atoms with Crippen molar-refractivity contribution in [3.05, 3.63) is 29.8 Å². The fourth-order valence-corrected chi connectivity index (χ4v) is 1.72. The van der Waals surface area contributed by atoms with Crippen molar-refractivity contribution in [2.24, 2.45) is 4.99 Å². The molecule has 0 saturated carbocycles. The van der Waals surface area contributed by atoms with E-state index in [0.717, 1.165) is 5.56 Å². The van der Waals surface area contributed by atoms with Crippen LogP contribution in [0.4, 0.5) is 13.2 Å². The molecule has 0 bridgehead atoms. The van der Waals surface area contributed by atoms with Crippen LogP contribution >= 0.6 is 24.0 Å². The molecule has 0 aromatic heterocycles. The van der Waals surface area contributed by atoms with E-state index < -0.39 is 6.36 Å². The first-order chi connectivity index (χ1) is 10.1. The minimum Gasteiger partial charge on any atom is -0.406 e. The number of ether oxygens (including phenoxy) is 1. The Balaban J connectivity index is 0.00000484. The minimum absolute atomic E-state index is 0. The molecule has 0 heterocycles. The molecule has 0 aliphatic rings. The molecule has 0 atom stereocenters. The van der Waals surface area contributed by atoms with E-state index in [0.29, 0.717) is 18.9 Å². The van der Waals surface area contributed by atoms with Crippen LogP contribution in [-0.2, 0) is 6.42 Å². The summed E-state index contributed by atoms with van der Waals surface area (Å²) in [5.41, 5.74) is 0.812. The Morgan fingerprint density at radius 2 is 1.70 bits per heavy atom. The number of alkyl halides is 3. The third-order valence-corrected chi connectivity index (χ3v) is 2.58. The maximum Gasteiger partial charge on any atom is 0.573 e. The summed E-state index contributed by atoms with van der Waals surface area (Å²) in [5, 5.41) is 6.38. The van der Waals surface area contributed by atoms with Gasteiger partial charge in [-0.05, 0) is 44.9 Å². The molecule has 0 radical (unpaired) electrons. The molecule has 23 heavy (non-hydrogen) atoms. The second kappa shape index (κ2) is 9.19. The zero-order chi connectivity index (χ0) is 16.8. The quantitative estimate of drug-likeness (QED) is 0.422. The monoisotopic (exact) mass is 445 g/mol. The van der Waals surface area contributed by atoms with Crippen molar-refractivity contribution in [2.75, 3.05) is 13.6 Å². The van der Waals surface area contributed by atoms with Crippen LogP contribution in [0.15, 0.2) is 29.3 Å². The van der Waals surface area contributed by atoms with Gasteiger partial charge in [-0.1, -0.05) is 12.1 Å². The molecule has 0 spiro atoms. The van der Waals surface area contributed by atoms with E-state index in [1.165, 1.54) is 12.1 Å².